The van der Waals surface area contributed by atoms with Crippen molar-refractivity contribution in [2.24, 2.45) is 10.6 Å². The predicted octanol–water partition coefficient (Wildman–Crippen LogP) is 3.60. The molecule has 126 valence electrons. The molecule has 0 bridgehead atoms. The fourth-order valence-electron chi connectivity index (χ4n) is 3.15. The number of pyridine rings is 1. The minimum Gasteiger partial charge on any atom is -0.254 e. The molecule has 4 nitrogen and oxygen atoms in total. The van der Waals surface area contributed by atoms with Gasteiger partial charge in [0.2, 0.25) is 10.0 Å². The van der Waals surface area contributed by atoms with Gasteiger partial charge in [0.05, 0.1) is 16.8 Å². The van der Waals surface area contributed by atoms with Crippen LogP contribution in [0.3, 0.4) is 0 Å². The third-order valence-electron chi connectivity index (χ3n) is 4.24. The molecule has 1 aliphatic carbocycles. The van der Waals surface area contributed by atoms with Gasteiger partial charge in [0, 0.05) is 0 Å². The molecule has 1 heterocycles. The minimum absolute atomic E-state index is 0.0688. The number of allylic oxidation sites excluding steroid dienone is 2. The van der Waals surface area contributed by atoms with E-state index in [9.17, 15) is 12.8 Å². The molecule has 0 saturated heterocycles. The zero-order valence-corrected chi connectivity index (χ0v) is 14.4. The van der Waals surface area contributed by atoms with E-state index in [1.807, 2.05) is 0 Å². The minimum atomic E-state index is -3.71. The molecular formula is C18H19FN2O2S. The number of primary sulfonamides is 1. The van der Waals surface area contributed by atoms with Crippen LogP contribution in [0, 0.1) is 11.2 Å². The fraction of sp³-hybridized carbons (Fsp3) is 0.278. The molecule has 0 unspecified atom stereocenters. The summed E-state index contributed by atoms with van der Waals surface area (Å²) in [6.07, 6.45) is 2.89. The number of hydrogen-bond acceptors (Lipinski definition) is 3. The van der Waals surface area contributed by atoms with Gasteiger partial charge >= 0.3 is 0 Å². The van der Waals surface area contributed by atoms with E-state index in [0.29, 0.717) is 0 Å². The lowest BCUT2D eigenvalue weighted by molar-refractivity contribution is 0.406. The van der Waals surface area contributed by atoms with E-state index < -0.39 is 10.0 Å². The van der Waals surface area contributed by atoms with Crippen LogP contribution in [-0.4, -0.2) is 13.4 Å². The van der Waals surface area contributed by atoms with Gasteiger partial charge in [-0.25, -0.2) is 17.9 Å². The van der Waals surface area contributed by atoms with Gasteiger partial charge in [-0.15, -0.1) is 0 Å². The van der Waals surface area contributed by atoms with Gasteiger partial charge in [0.15, 0.2) is 0 Å². The Kier molecular flexibility index (Phi) is 4.05. The van der Waals surface area contributed by atoms with Crippen LogP contribution in [0.1, 0.15) is 37.9 Å². The SMILES string of the molecule is CC1(C)CC(c2ccc(S(N)(=O)=O)cc2)=C(c2ccc(F)cn2)C1. The van der Waals surface area contributed by atoms with Gasteiger partial charge in [0.1, 0.15) is 5.82 Å². The van der Waals surface area contributed by atoms with Crippen molar-refractivity contribution < 1.29 is 12.8 Å². The number of benzene rings is 1. The van der Waals surface area contributed by atoms with Gasteiger partial charge in [-0.2, -0.15) is 0 Å². The summed E-state index contributed by atoms with van der Waals surface area (Å²) in [6.45, 7) is 4.34. The molecule has 1 aromatic carbocycles. The van der Waals surface area contributed by atoms with E-state index in [0.717, 1.165) is 35.2 Å². The molecule has 0 atom stereocenters. The number of hydrogen-bond donors (Lipinski definition) is 1. The van der Waals surface area contributed by atoms with E-state index in [2.05, 4.69) is 18.8 Å². The Morgan fingerprint density at radius 3 is 2.21 bits per heavy atom. The lowest BCUT2D eigenvalue weighted by atomic mass is 9.88. The average Bonchev–Trinajstić information content (AvgIpc) is 2.83. The molecule has 0 radical (unpaired) electrons. The maximum atomic E-state index is 13.2. The molecule has 1 aliphatic rings. The molecule has 0 fully saturated rings. The van der Waals surface area contributed by atoms with Crippen LogP contribution < -0.4 is 5.14 Å². The number of nitrogens with two attached hydrogens (primary N) is 1. The number of rotatable bonds is 3. The Morgan fingerprint density at radius 1 is 1.04 bits per heavy atom. The first-order chi connectivity index (χ1) is 11.2. The average molecular weight is 346 g/mol. The molecule has 0 spiro atoms. The summed E-state index contributed by atoms with van der Waals surface area (Å²) in [5.74, 6) is -0.365. The molecule has 3 rings (SSSR count). The summed E-state index contributed by atoms with van der Waals surface area (Å²) < 4.78 is 36.0. The van der Waals surface area contributed by atoms with Crippen molar-refractivity contribution in [1.29, 1.82) is 0 Å². The molecule has 2 N–H and O–H groups in total. The van der Waals surface area contributed by atoms with E-state index in [4.69, 9.17) is 5.14 Å². The molecular weight excluding hydrogens is 327 g/mol. The maximum absolute atomic E-state index is 13.2. The molecule has 0 aliphatic heterocycles. The highest BCUT2D eigenvalue weighted by Crippen LogP contribution is 2.49. The summed E-state index contributed by atoms with van der Waals surface area (Å²) >= 11 is 0. The maximum Gasteiger partial charge on any atom is 0.238 e. The number of aromatic nitrogens is 1. The first kappa shape index (κ1) is 16.8. The van der Waals surface area contributed by atoms with Crippen LogP contribution in [0.2, 0.25) is 0 Å². The summed E-state index contributed by atoms with van der Waals surface area (Å²) in [6, 6.07) is 9.64. The quantitative estimate of drug-likeness (QED) is 0.923. The van der Waals surface area contributed by atoms with E-state index >= 15 is 0 Å². The highest BCUT2D eigenvalue weighted by Gasteiger charge is 2.32. The Hall–Kier alpha value is -2.05. The van der Waals surface area contributed by atoms with Crippen molar-refractivity contribution in [2.75, 3.05) is 0 Å². The van der Waals surface area contributed by atoms with Crippen molar-refractivity contribution in [2.45, 2.75) is 31.6 Å². The second-order valence-electron chi connectivity index (χ2n) is 6.91. The normalized spacial score (nSPS) is 17.3. The predicted molar refractivity (Wildman–Crippen MR) is 91.8 cm³/mol. The van der Waals surface area contributed by atoms with Gasteiger partial charge in [-0.05, 0) is 59.2 Å². The zero-order valence-electron chi connectivity index (χ0n) is 13.6. The molecule has 24 heavy (non-hydrogen) atoms. The van der Waals surface area contributed by atoms with Crippen LogP contribution in [0.4, 0.5) is 4.39 Å². The van der Waals surface area contributed by atoms with Gasteiger partial charge in [-0.1, -0.05) is 26.0 Å². The number of halogens is 1. The monoisotopic (exact) mass is 346 g/mol. The fourth-order valence-corrected chi connectivity index (χ4v) is 3.67. The lowest BCUT2D eigenvalue weighted by Gasteiger charge is -2.17. The van der Waals surface area contributed by atoms with E-state index in [1.54, 1.807) is 18.2 Å². The van der Waals surface area contributed by atoms with Gasteiger partial charge < -0.3 is 0 Å². The molecule has 2 aromatic rings. The van der Waals surface area contributed by atoms with Crippen molar-refractivity contribution in [3.63, 3.8) is 0 Å². The highest BCUT2D eigenvalue weighted by molar-refractivity contribution is 7.89. The van der Waals surface area contributed by atoms with Crippen molar-refractivity contribution in [3.8, 4) is 0 Å². The Bertz CT molecular complexity index is 899. The first-order valence-corrected chi connectivity index (χ1v) is 9.18. The third-order valence-corrected chi connectivity index (χ3v) is 5.17. The van der Waals surface area contributed by atoms with Crippen LogP contribution in [-0.2, 0) is 10.0 Å². The molecule has 1 aromatic heterocycles. The standard InChI is InChI=1S/C18H19FN2O2S/c1-18(2)9-15(12-3-6-14(7-4-12)24(20,22)23)16(10-18)17-8-5-13(19)11-21-17/h3-8,11H,9-10H2,1-2H3,(H2,20,22,23). The van der Waals surface area contributed by atoms with Gasteiger partial charge in [0.25, 0.3) is 0 Å². The summed E-state index contributed by atoms with van der Waals surface area (Å²) in [5, 5.41) is 5.15. The van der Waals surface area contributed by atoms with Crippen molar-refractivity contribution in [1.82, 2.24) is 4.98 Å². The van der Waals surface area contributed by atoms with Crippen LogP contribution in [0.25, 0.3) is 11.1 Å². The molecule has 0 amide bonds. The lowest BCUT2D eigenvalue weighted by Crippen LogP contribution is -2.11. The molecule has 6 heteroatoms. The zero-order chi connectivity index (χ0) is 17.5. The topological polar surface area (TPSA) is 73.1 Å². The van der Waals surface area contributed by atoms with Gasteiger partial charge in [-0.3, -0.25) is 4.98 Å². The van der Waals surface area contributed by atoms with E-state index in [-0.39, 0.29) is 16.1 Å². The van der Waals surface area contributed by atoms with Crippen LogP contribution >= 0.6 is 0 Å². The second-order valence-corrected chi connectivity index (χ2v) is 8.47. The van der Waals surface area contributed by atoms with Crippen LogP contribution in [0.15, 0.2) is 47.5 Å². The largest absolute Gasteiger partial charge is 0.254 e. The molecule has 0 saturated carbocycles. The second kappa shape index (κ2) is 5.79. The van der Waals surface area contributed by atoms with E-state index in [1.165, 1.54) is 24.4 Å². The Balaban J connectivity index is 2.07. The van der Waals surface area contributed by atoms with Crippen molar-refractivity contribution >= 4 is 21.2 Å². The van der Waals surface area contributed by atoms with Crippen molar-refractivity contribution in [3.05, 3.63) is 59.7 Å². The Morgan fingerprint density at radius 2 is 1.67 bits per heavy atom. The number of sulfonamides is 1. The summed E-state index contributed by atoms with van der Waals surface area (Å²) in [5.41, 5.74) is 3.95. The first-order valence-electron chi connectivity index (χ1n) is 7.63. The summed E-state index contributed by atoms with van der Waals surface area (Å²) in [7, 11) is -3.71. The highest BCUT2D eigenvalue weighted by atomic mass is 32.2. The Labute approximate surface area is 141 Å². The third kappa shape index (κ3) is 3.39. The van der Waals surface area contributed by atoms with Crippen LogP contribution in [0.5, 0.6) is 0 Å². The smallest absolute Gasteiger partial charge is 0.238 e. The summed E-state index contributed by atoms with van der Waals surface area (Å²) in [4.78, 5) is 4.30. The number of nitrogens with zero attached hydrogens (tertiary/aromatic N) is 1.